The third-order valence-electron chi connectivity index (χ3n) is 3.19. The highest BCUT2D eigenvalue weighted by atomic mass is 19.4. The lowest BCUT2D eigenvalue weighted by Crippen LogP contribution is -2.40. The second-order valence-electron chi connectivity index (χ2n) is 4.70. The fourth-order valence-electron chi connectivity index (χ4n) is 2.08. The Morgan fingerprint density at radius 3 is 2.27 bits per heavy atom. The molecule has 4 nitrogen and oxygen atoms in total. The van der Waals surface area contributed by atoms with Crippen molar-refractivity contribution in [1.82, 2.24) is 9.13 Å². The van der Waals surface area contributed by atoms with E-state index in [0.717, 1.165) is 12.6 Å². The summed E-state index contributed by atoms with van der Waals surface area (Å²) in [6.45, 7) is 3.59. The highest BCUT2D eigenvalue weighted by Gasteiger charge is 2.35. The van der Waals surface area contributed by atoms with E-state index in [9.17, 15) is 22.8 Å². The van der Waals surface area contributed by atoms with Crippen LogP contribution in [0.25, 0.3) is 5.69 Å². The van der Waals surface area contributed by atoms with Gasteiger partial charge < -0.3 is 0 Å². The Morgan fingerprint density at radius 2 is 1.77 bits per heavy atom. The van der Waals surface area contributed by atoms with Gasteiger partial charge in [0.1, 0.15) is 5.69 Å². The Kier molecular flexibility index (Phi) is 4.07. The van der Waals surface area contributed by atoms with Crippen molar-refractivity contribution in [3.05, 3.63) is 75.1 Å². The van der Waals surface area contributed by atoms with Gasteiger partial charge >= 0.3 is 11.9 Å². The molecule has 0 saturated carbocycles. The molecule has 2 rings (SSSR count). The van der Waals surface area contributed by atoms with Crippen LogP contribution in [0.15, 0.2) is 52.6 Å². The fourth-order valence-corrected chi connectivity index (χ4v) is 2.08. The number of halogens is 3. The summed E-state index contributed by atoms with van der Waals surface area (Å²) in [5, 5.41) is 0. The zero-order valence-corrected chi connectivity index (χ0v) is 11.7. The van der Waals surface area contributed by atoms with Crippen LogP contribution in [0.5, 0.6) is 0 Å². The lowest BCUT2D eigenvalue weighted by Gasteiger charge is -2.14. The molecule has 0 atom stereocenters. The van der Waals surface area contributed by atoms with Crippen LogP contribution < -0.4 is 11.2 Å². The molecule has 0 radical (unpaired) electrons. The van der Waals surface area contributed by atoms with Crippen LogP contribution in [-0.4, -0.2) is 9.13 Å². The van der Waals surface area contributed by atoms with Gasteiger partial charge in [-0.1, -0.05) is 18.2 Å². The number of rotatable bonds is 3. The molecule has 116 valence electrons. The predicted molar refractivity (Wildman–Crippen MR) is 76.2 cm³/mol. The third kappa shape index (κ3) is 2.88. The van der Waals surface area contributed by atoms with Gasteiger partial charge in [-0.15, -0.1) is 6.58 Å². The normalized spacial score (nSPS) is 11.5. The minimum absolute atomic E-state index is 0.215. The Morgan fingerprint density at radius 1 is 1.18 bits per heavy atom. The van der Waals surface area contributed by atoms with E-state index in [2.05, 4.69) is 6.58 Å². The molecule has 0 aliphatic rings. The first kappa shape index (κ1) is 15.8. The second kappa shape index (κ2) is 5.67. The maximum Gasteiger partial charge on any atom is 0.431 e. The minimum atomic E-state index is -4.76. The van der Waals surface area contributed by atoms with Crippen LogP contribution in [0.1, 0.15) is 11.3 Å². The van der Waals surface area contributed by atoms with E-state index < -0.39 is 23.1 Å². The first-order chi connectivity index (χ1) is 10.3. The number of alkyl halides is 3. The molecule has 0 amide bonds. The van der Waals surface area contributed by atoms with Crippen molar-refractivity contribution >= 4 is 0 Å². The van der Waals surface area contributed by atoms with Crippen LogP contribution in [-0.2, 0) is 19.6 Å². The van der Waals surface area contributed by atoms with Crippen molar-refractivity contribution < 1.29 is 13.2 Å². The van der Waals surface area contributed by atoms with Crippen molar-refractivity contribution in [1.29, 1.82) is 0 Å². The smallest absolute Gasteiger partial charge is 0.292 e. The Balaban J connectivity index is 2.62. The first-order valence-corrected chi connectivity index (χ1v) is 6.36. The molecule has 0 N–H and O–H groups in total. The molecular weight excluding hydrogens is 297 g/mol. The van der Waals surface area contributed by atoms with Gasteiger partial charge in [0, 0.05) is 13.1 Å². The van der Waals surface area contributed by atoms with Crippen molar-refractivity contribution in [3.8, 4) is 5.69 Å². The molecule has 1 aromatic heterocycles. The molecule has 0 aliphatic heterocycles. The number of hydrogen-bond donors (Lipinski definition) is 0. The summed E-state index contributed by atoms with van der Waals surface area (Å²) in [5.74, 6) is 0. The van der Waals surface area contributed by atoms with E-state index in [1.807, 2.05) is 0 Å². The zero-order valence-electron chi connectivity index (χ0n) is 11.7. The molecule has 22 heavy (non-hydrogen) atoms. The number of hydrogen-bond acceptors (Lipinski definition) is 2. The minimum Gasteiger partial charge on any atom is -0.292 e. The molecular formula is C15H13F3N2O2. The SMILES string of the molecule is C=CCc1ccc(-n2c(=O)cc(C(F)(F)F)n(C)c2=O)cc1. The van der Waals surface area contributed by atoms with E-state index in [0.29, 0.717) is 21.6 Å². The number of nitrogens with zero attached hydrogens (tertiary/aromatic N) is 2. The quantitative estimate of drug-likeness (QED) is 0.817. The Hall–Kier alpha value is -2.57. The molecule has 2 aromatic rings. The van der Waals surface area contributed by atoms with Crippen LogP contribution in [0, 0.1) is 0 Å². The van der Waals surface area contributed by atoms with Crippen molar-refractivity contribution in [2.45, 2.75) is 12.6 Å². The maximum absolute atomic E-state index is 12.8. The average Bonchev–Trinajstić information content (AvgIpc) is 2.44. The second-order valence-corrected chi connectivity index (χ2v) is 4.70. The van der Waals surface area contributed by atoms with Gasteiger partial charge in [0.05, 0.1) is 5.69 Å². The Bertz CT molecular complexity index is 815. The van der Waals surface area contributed by atoms with Crippen LogP contribution in [0.4, 0.5) is 13.2 Å². The topological polar surface area (TPSA) is 44.0 Å². The lowest BCUT2D eigenvalue weighted by atomic mass is 10.1. The number of benzene rings is 1. The third-order valence-corrected chi connectivity index (χ3v) is 3.19. The molecule has 1 aromatic carbocycles. The largest absolute Gasteiger partial charge is 0.431 e. The van der Waals surface area contributed by atoms with Gasteiger partial charge in [-0.2, -0.15) is 13.2 Å². The summed E-state index contributed by atoms with van der Waals surface area (Å²) >= 11 is 0. The van der Waals surface area contributed by atoms with Gasteiger partial charge in [0.2, 0.25) is 0 Å². The summed E-state index contributed by atoms with van der Waals surface area (Å²) in [5.41, 5.74) is -2.21. The van der Waals surface area contributed by atoms with E-state index in [4.69, 9.17) is 0 Å². The van der Waals surface area contributed by atoms with Gasteiger partial charge in [-0.25, -0.2) is 9.36 Å². The van der Waals surface area contributed by atoms with Crippen LogP contribution >= 0.6 is 0 Å². The van der Waals surface area contributed by atoms with Gasteiger partial charge in [-0.3, -0.25) is 9.36 Å². The van der Waals surface area contributed by atoms with E-state index in [-0.39, 0.29) is 5.69 Å². The van der Waals surface area contributed by atoms with Crippen molar-refractivity contribution in [2.75, 3.05) is 0 Å². The van der Waals surface area contributed by atoms with Gasteiger partial charge in [0.15, 0.2) is 0 Å². The lowest BCUT2D eigenvalue weighted by molar-refractivity contribution is -0.144. The van der Waals surface area contributed by atoms with Crippen LogP contribution in [0.2, 0.25) is 0 Å². The van der Waals surface area contributed by atoms with Gasteiger partial charge in [0.25, 0.3) is 5.56 Å². The summed E-state index contributed by atoms with van der Waals surface area (Å²) < 4.78 is 39.4. The van der Waals surface area contributed by atoms with Crippen molar-refractivity contribution in [3.63, 3.8) is 0 Å². The summed E-state index contributed by atoms with van der Waals surface area (Å²) in [4.78, 5) is 24.0. The molecule has 0 fully saturated rings. The van der Waals surface area contributed by atoms with Gasteiger partial charge in [-0.05, 0) is 24.1 Å². The first-order valence-electron chi connectivity index (χ1n) is 6.36. The predicted octanol–water partition coefficient (Wildman–Crippen LogP) is 2.28. The molecule has 0 aliphatic carbocycles. The van der Waals surface area contributed by atoms with E-state index in [1.165, 1.54) is 12.1 Å². The highest BCUT2D eigenvalue weighted by molar-refractivity contribution is 5.35. The number of aromatic nitrogens is 2. The number of allylic oxidation sites excluding steroid dienone is 1. The summed E-state index contributed by atoms with van der Waals surface area (Å²) in [6.07, 6.45) is -2.46. The maximum atomic E-state index is 12.8. The monoisotopic (exact) mass is 310 g/mol. The molecule has 0 saturated heterocycles. The molecule has 0 bridgehead atoms. The average molecular weight is 310 g/mol. The van der Waals surface area contributed by atoms with E-state index >= 15 is 0 Å². The zero-order chi connectivity index (χ0) is 16.5. The Labute approximate surface area is 123 Å². The molecule has 0 spiro atoms. The summed E-state index contributed by atoms with van der Waals surface area (Å²) in [7, 11) is 0.979. The van der Waals surface area contributed by atoms with Crippen molar-refractivity contribution in [2.24, 2.45) is 7.05 Å². The fraction of sp³-hybridized carbons (Fsp3) is 0.200. The molecule has 7 heteroatoms. The highest BCUT2D eigenvalue weighted by Crippen LogP contribution is 2.26. The molecule has 1 heterocycles. The molecule has 0 unspecified atom stereocenters. The standard InChI is InChI=1S/C15H13F3N2O2/c1-3-4-10-5-7-11(8-6-10)20-13(21)9-12(15(16,17)18)19(2)14(20)22/h3,5-9H,1,4H2,2H3. The van der Waals surface area contributed by atoms with Crippen LogP contribution in [0.3, 0.4) is 0 Å². The summed E-state index contributed by atoms with van der Waals surface area (Å²) in [6, 6.07) is 6.80. The van der Waals surface area contributed by atoms with E-state index in [1.54, 1.807) is 18.2 Å².